The number of benzene rings is 2. The molecular formula is C21H24N6O4. The zero-order valence-corrected chi connectivity index (χ0v) is 17.2. The molecule has 0 aliphatic carbocycles. The summed E-state index contributed by atoms with van der Waals surface area (Å²) in [5.41, 5.74) is 5.86. The molecule has 0 atom stereocenters. The Labute approximate surface area is 179 Å². The maximum Gasteiger partial charge on any atom is 0.325 e. The molecule has 0 aliphatic rings. The van der Waals surface area contributed by atoms with E-state index >= 15 is 0 Å². The van der Waals surface area contributed by atoms with Crippen LogP contribution in [0.1, 0.15) is 0 Å². The summed E-state index contributed by atoms with van der Waals surface area (Å²) < 4.78 is 22.0. The van der Waals surface area contributed by atoms with Gasteiger partial charge in [0, 0.05) is 13.1 Å². The van der Waals surface area contributed by atoms with Crippen molar-refractivity contribution in [3.63, 3.8) is 0 Å². The summed E-state index contributed by atoms with van der Waals surface area (Å²) in [6.07, 6.45) is 1.57. The second-order valence-corrected chi connectivity index (χ2v) is 6.19. The van der Waals surface area contributed by atoms with Crippen LogP contribution in [0.5, 0.6) is 34.9 Å². The van der Waals surface area contributed by atoms with Gasteiger partial charge in [0.2, 0.25) is 5.88 Å². The van der Waals surface area contributed by atoms with Crippen molar-refractivity contribution in [3.8, 4) is 34.9 Å². The lowest BCUT2D eigenvalue weighted by Crippen LogP contribution is -2.33. The molecule has 0 saturated heterocycles. The molecule has 0 bridgehead atoms. The fraction of sp³-hybridized carbons (Fsp3) is 0.190. The van der Waals surface area contributed by atoms with Crippen LogP contribution in [-0.4, -0.2) is 43.2 Å². The Balaban J connectivity index is 1.78. The van der Waals surface area contributed by atoms with Crippen molar-refractivity contribution < 1.29 is 18.9 Å². The van der Waals surface area contributed by atoms with Gasteiger partial charge < -0.3 is 35.3 Å². The van der Waals surface area contributed by atoms with Crippen LogP contribution < -0.4 is 35.3 Å². The number of nitrogens with zero attached hydrogens (tertiary/aromatic N) is 2. The van der Waals surface area contributed by atoms with Gasteiger partial charge in [-0.1, -0.05) is 0 Å². The molecule has 10 heteroatoms. The van der Waals surface area contributed by atoms with Crippen LogP contribution in [0.15, 0.2) is 54.7 Å². The molecule has 10 nitrogen and oxygen atoms in total. The Morgan fingerprint density at radius 3 is 1.97 bits per heavy atom. The second kappa shape index (κ2) is 10.5. The summed E-state index contributed by atoms with van der Waals surface area (Å²) in [6.45, 7) is 0.919. The van der Waals surface area contributed by atoms with E-state index in [4.69, 9.17) is 30.1 Å². The zero-order valence-electron chi connectivity index (χ0n) is 17.2. The molecule has 3 aromatic rings. The number of anilines is 1. The molecular weight excluding hydrogens is 400 g/mol. The lowest BCUT2D eigenvalue weighted by Gasteiger charge is -2.14. The molecule has 2 aromatic carbocycles. The molecule has 0 fully saturated rings. The predicted octanol–water partition coefficient (Wildman–Crippen LogP) is 2.97. The van der Waals surface area contributed by atoms with E-state index in [1.807, 2.05) is 0 Å². The van der Waals surface area contributed by atoms with E-state index in [1.165, 1.54) is 0 Å². The van der Waals surface area contributed by atoms with Crippen molar-refractivity contribution in [2.45, 2.75) is 0 Å². The van der Waals surface area contributed by atoms with E-state index in [2.05, 4.69) is 20.6 Å². The highest BCUT2D eigenvalue weighted by atomic mass is 16.5. The van der Waals surface area contributed by atoms with Gasteiger partial charge in [0.25, 0.3) is 0 Å². The third-order valence-electron chi connectivity index (χ3n) is 4.03. The number of guanidine groups is 1. The SMILES string of the molecule is COc1ccc(Oc2ncc(NCCNC(=N)N)c(Oc3ccc(OC)cc3)n2)cc1. The van der Waals surface area contributed by atoms with E-state index in [0.29, 0.717) is 36.0 Å². The minimum Gasteiger partial charge on any atom is -0.497 e. The van der Waals surface area contributed by atoms with Crippen molar-refractivity contribution in [2.75, 3.05) is 32.6 Å². The highest BCUT2D eigenvalue weighted by Crippen LogP contribution is 2.31. The summed E-state index contributed by atoms with van der Waals surface area (Å²) in [7, 11) is 3.19. The smallest absolute Gasteiger partial charge is 0.325 e. The highest BCUT2D eigenvalue weighted by Gasteiger charge is 2.12. The highest BCUT2D eigenvalue weighted by molar-refractivity contribution is 5.74. The minimum absolute atomic E-state index is 0.101. The van der Waals surface area contributed by atoms with Gasteiger partial charge in [0.15, 0.2) is 5.96 Å². The zero-order chi connectivity index (χ0) is 22.1. The summed E-state index contributed by atoms with van der Waals surface area (Å²) in [5, 5.41) is 13.1. The lowest BCUT2D eigenvalue weighted by atomic mass is 10.3. The lowest BCUT2D eigenvalue weighted by molar-refractivity contribution is 0.402. The fourth-order valence-corrected chi connectivity index (χ4v) is 2.50. The minimum atomic E-state index is -0.101. The largest absolute Gasteiger partial charge is 0.497 e. The summed E-state index contributed by atoms with van der Waals surface area (Å²) in [5.74, 6) is 2.74. The number of ether oxygens (including phenoxy) is 4. The van der Waals surface area contributed by atoms with Gasteiger partial charge in [0.05, 0.1) is 20.4 Å². The van der Waals surface area contributed by atoms with Crippen molar-refractivity contribution in [1.82, 2.24) is 15.3 Å². The Hall–Kier alpha value is -4.21. The predicted molar refractivity (Wildman–Crippen MR) is 117 cm³/mol. The molecule has 0 unspecified atom stereocenters. The molecule has 3 rings (SSSR count). The Kier molecular flexibility index (Phi) is 7.30. The van der Waals surface area contributed by atoms with Gasteiger partial charge in [-0.2, -0.15) is 4.98 Å². The van der Waals surface area contributed by atoms with E-state index < -0.39 is 0 Å². The normalized spacial score (nSPS) is 10.1. The Morgan fingerprint density at radius 1 is 0.871 bits per heavy atom. The first-order chi connectivity index (χ1) is 15.1. The van der Waals surface area contributed by atoms with Crippen LogP contribution in [0.3, 0.4) is 0 Å². The number of rotatable bonds is 10. The van der Waals surface area contributed by atoms with E-state index in [-0.39, 0.29) is 17.9 Å². The number of methoxy groups -OCH3 is 2. The topological polar surface area (TPSA) is 137 Å². The third kappa shape index (κ3) is 6.39. The van der Waals surface area contributed by atoms with Crippen molar-refractivity contribution in [2.24, 2.45) is 5.73 Å². The number of nitrogens with one attached hydrogen (secondary N) is 3. The van der Waals surface area contributed by atoms with Crippen molar-refractivity contribution in [1.29, 1.82) is 5.41 Å². The Morgan fingerprint density at radius 2 is 1.42 bits per heavy atom. The van der Waals surface area contributed by atoms with Crippen molar-refractivity contribution >= 4 is 11.6 Å². The van der Waals surface area contributed by atoms with E-state index in [0.717, 1.165) is 5.75 Å². The van der Waals surface area contributed by atoms with Gasteiger partial charge in [-0.05, 0) is 48.5 Å². The average molecular weight is 424 g/mol. The quantitative estimate of drug-likeness (QED) is 0.220. The fourth-order valence-electron chi connectivity index (χ4n) is 2.50. The molecule has 0 amide bonds. The van der Waals surface area contributed by atoms with Gasteiger partial charge in [-0.25, -0.2) is 4.98 Å². The number of hydrogen-bond donors (Lipinski definition) is 4. The van der Waals surface area contributed by atoms with Gasteiger partial charge in [-0.3, -0.25) is 5.41 Å². The molecule has 31 heavy (non-hydrogen) atoms. The molecule has 162 valence electrons. The monoisotopic (exact) mass is 424 g/mol. The van der Waals surface area contributed by atoms with Crippen molar-refractivity contribution in [3.05, 3.63) is 54.7 Å². The molecule has 0 spiro atoms. The number of aromatic nitrogens is 2. The van der Waals surface area contributed by atoms with Crippen LogP contribution in [0.2, 0.25) is 0 Å². The van der Waals surface area contributed by atoms with Crippen LogP contribution in [0, 0.1) is 5.41 Å². The maximum atomic E-state index is 7.22. The first kappa shape index (κ1) is 21.5. The van der Waals surface area contributed by atoms with Crippen LogP contribution in [-0.2, 0) is 0 Å². The van der Waals surface area contributed by atoms with E-state index in [1.54, 1.807) is 68.9 Å². The average Bonchev–Trinajstić information content (AvgIpc) is 2.79. The van der Waals surface area contributed by atoms with Gasteiger partial charge in [0.1, 0.15) is 28.7 Å². The summed E-state index contributed by atoms with van der Waals surface area (Å²) in [4.78, 5) is 8.64. The van der Waals surface area contributed by atoms with Crippen LogP contribution in [0.25, 0.3) is 0 Å². The number of nitrogens with two attached hydrogens (primary N) is 1. The van der Waals surface area contributed by atoms with E-state index in [9.17, 15) is 0 Å². The summed E-state index contributed by atoms with van der Waals surface area (Å²) in [6, 6.07) is 14.3. The van der Waals surface area contributed by atoms with Crippen LogP contribution >= 0.6 is 0 Å². The first-order valence-corrected chi connectivity index (χ1v) is 9.40. The molecule has 1 heterocycles. The molecule has 0 radical (unpaired) electrons. The third-order valence-corrected chi connectivity index (χ3v) is 4.03. The standard InChI is InChI=1S/C21H24N6O4/c1-28-14-3-7-16(8-4-14)30-19-18(24-11-12-25-20(22)23)13-26-21(27-19)31-17-9-5-15(29-2)6-10-17/h3-10,13,24H,11-12H2,1-2H3,(H4,22,23,25). The van der Waals surface area contributed by atoms with Gasteiger partial charge in [-0.15, -0.1) is 0 Å². The van der Waals surface area contributed by atoms with Crippen LogP contribution in [0.4, 0.5) is 5.69 Å². The summed E-state index contributed by atoms with van der Waals surface area (Å²) >= 11 is 0. The molecule has 0 saturated carbocycles. The first-order valence-electron chi connectivity index (χ1n) is 9.40. The van der Waals surface area contributed by atoms with Gasteiger partial charge >= 0.3 is 6.01 Å². The molecule has 1 aromatic heterocycles. The molecule has 5 N–H and O–H groups in total. The Bertz CT molecular complexity index is 996. The second-order valence-electron chi connectivity index (χ2n) is 6.19. The maximum absolute atomic E-state index is 7.22. The molecule has 0 aliphatic heterocycles. The number of hydrogen-bond acceptors (Lipinski definition) is 8.